The van der Waals surface area contributed by atoms with Crippen molar-refractivity contribution in [3.05, 3.63) is 77.5 Å². The number of hydrogen-bond acceptors (Lipinski definition) is 3. The van der Waals surface area contributed by atoms with Crippen LogP contribution in [0.3, 0.4) is 0 Å². The van der Waals surface area contributed by atoms with E-state index in [0.29, 0.717) is 5.78 Å². The first-order valence-corrected chi connectivity index (χ1v) is 8.69. The van der Waals surface area contributed by atoms with Gasteiger partial charge in [-0.25, -0.2) is 9.97 Å². The second-order valence-electron chi connectivity index (χ2n) is 5.49. The molecule has 0 amide bonds. The van der Waals surface area contributed by atoms with Crippen molar-refractivity contribution in [1.29, 1.82) is 0 Å². The number of carbonyl (C=O) groups is 1. The van der Waals surface area contributed by atoms with Crippen LogP contribution >= 0.6 is 15.9 Å². The van der Waals surface area contributed by atoms with Crippen LogP contribution in [0.4, 0.5) is 0 Å². The summed E-state index contributed by atoms with van der Waals surface area (Å²) < 4.78 is 3.09. The number of imidazole rings is 1. The summed E-state index contributed by atoms with van der Waals surface area (Å²) in [5.41, 5.74) is 4.21. The lowest BCUT2D eigenvalue weighted by Gasteiger charge is -2.05. The SMILES string of the molecule is Brc1ccc(-c2nc3ncccn3c2-c2ccccc2)cc1.CC(=O)O. The molecule has 2 aromatic heterocycles. The van der Waals surface area contributed by atoms with Crippen molar-refractivity contribution in [3.8, 4) is 22.5 Å². The Labute approximate surface area is 159 Å². The Balaban J connectivity index is 0.000000447. The van der Waals surface area contributed by atoms with Gasteiger partial charge in [0.05, 0.1) is 11.4 Å². The topological polar surface area (TPSA) is 67.5 Å². The molecule has 0 saturated heterocycles. The Morgan fingerprint density at radius 2 is 1.65 bits per heavy atom. The van der Waals surface area contributed by atoms with Crippen molar-refractivity contribution in [2.75, 3.05) is 0 Å². The van der Waals surface area contributed by atoms with E-state index in [9.17, 15) is 0 Å². The van der Waals surface area contributed by atoms with Gasteiger partial charge in [-0.1, -0.05) is 58.4 Å². The predicted octanol–water partition coefficient (Wildman–Crippen LogP) is 4.92. The second-order valence-corrected chi connectivity index (χ2v) is 6.41. The zero-order chi connectivity index (χ0) is 18.5. The second kappa shape index (κ2) is 7.93. The third-order valence-corrected chi connectivity index (χ3v) is 4.10. The number of rotatable bonds is 2. The van der Waals surface area contributed by atoms with Gasteiger partial charge in [0, 0.05) is 34.9 Å². The minimum absolute atomic E-state index is 0.708. The Hall–Kier alpha value is -2.99. The van der Waals surface area contributed by atoms with E-state index in [0.717, 1.165) is 33.9 Å². The van der Waals surface area contributed by atoms with E-state index in [1.807, 2.05) is 47.0 Å². The number of benzene rings is 2. The number of fused-ring (bicyclic) bond motifs is 1. The standard InChI is InChI=1S/C18H12BrN3.C2H4O2/c19-15-9-7-13(8-10-15)16-17(14-5-2-1-3-6-14)22-12-4-11-20-18(22)21-16;1-2(3)4/h1-12H;1H3,(H,3,4). The fraction of sp³-hybridized carbons (Fsp3) is 0.0500. The molecule has 6 heteroatoms. The number of nitrogens with zero attached hydrogens (tertiary/aromatic N) is 3. The van der Waals surface area contributed by atoms with Gasteiger partial charge in [0.25, 0.3) is 5.97 Å². The minimum Gasteiger partial charge on any atom is -0.481 e. The molecule has 4 aromatic rings. The Kier molecular flexibility index (Phi) is 5.43. The van der Waals surface area contributed by atoms with E-state index in [2.05, 4.69) is 45.2 Å². The van der Waals surface area contributed by atoms with E-state index in [-0.39, 0.29) is 0 Å². The number of halogens is 1. The van der Waals surface area contributed by atoms with Gasteiger partial charge in [-0.2, -0.15) is 0 Å². The first kappa shape index (κ1) is 17.8. The van der Waals surface area contributed by atoms with E-state index in [1.165, 1.54) is 0 Å². The highest BCUT2D eigenvalue weighted by Crippen LogP contribution is 2.32. The third-order valence-electron chi connectivity index (χ3n) is 3.57. The van der Waals surface area contributed by atoms with Crippen molar-refractivity contribution >= 4 is 27.7 Å². The highest BCUT2D eigenvalue weighted by Gasteiger charge is 2.15. The number of aromatic nitrogens is 3. The summed E-state index contributed by atoms with van der Waals surface area (Å²) in [5, 5.41) is 7.42. The molecule has 2 heterocycles. The highest BCUT2D eigenvalue weighted by atomic mass is 79.9. The Morgan fingerprint density at radius 1 is 1.00 bits per heavy atom. The maximum Gasteiger partial charge on any atom is 0.300 e. The van der Waals surface area contributed by atoms with E-state index in [1.54, 1.807) is 6.20 Å². The Morgan fingerprint density at radius 3 is 2.31 bits per heavy atom. The van der Waals surface area contributed by atoms with Crippen molar-refractivity contribution < 1.29 is 9.90 Å². The summed E-state index contributed by atoms with van der Waals surface area (Å²) in [7, 11) is 0. The minimum atomic E-state index is -0.833. The van der Waals surface area contributed by atoms with Crippen molar-refractivity contribution in [1.82, 2.24) is 14.4 Å². The first-order valence-electron chi connectivity index (χ1n) is 7.90. The molecule has 0 atom stereocenters. The van der Waals surface area contributed by atoms with Crippen LogP contribution in [-0.4, -0.2) is 25.4 Å². The largest absolute Gasteiger partial charge is 0.481 e. The van der Waals surface area contributed by atoms with E-state index < -0.39 is 5.97 Å². The van der Waals surface area contributed by atoms with Crippen LogP contribution in [0.2, 0.25) is 0 Å². The van der Waals surface area contributed by atoms with Crippen LogP contribution in [0.1, 0.15) is 6.92 Å². The summed E-state index contributed by atoms with van der Waals surface area (Å²) in [5.74, 6) is -0.126. The molecule has 0 bridgehead atoms. The van der Waals surface area contributed by atoms with Gasteiger partial charge in [0.2, 0.25) is 5.78 Å². The summed E-state index contributed by atoms with van der Waals surface area (Å²) >= 11 is 3.48. The molecule has 0 saturated carbocycles. The molecular formula is C20H16BrN3O2. The van der Waals surface area contributed by atoms with Crippen LogP contribution in [0, 0.1) is 0 Å². The number of carboxylic acid groups (broad SMARTS) is 1. The molecule has 0 aliphatic carbocycles. The molecule has 26 heavy (non-hydrogen) atoms. The van der Waals surface area contributed by atoms with Crippen LogP contribution in [-0.2, 0) is 4.79 Å². The number of carboxylic acids is 1. The fourth-order valence-corrected chi connectivity index (χ4v) is 2.83. The third kappa shape index (κ3) is 3.97. The fourth-order valence-electron chi connectivity index (χ4n) is 2.57. The van der Waals surface area contributed by atoms with E-state index >= 15 is 0 Å². The molecule has 4 rings (SSSR count). The number of aliphatic carboxylic acids is 1. The van der Waals surface area contributed by atoms with Crippen LogP contribution in [0.25, 0.3) is 28.3 Å². The van der Waals surface area contributed by atoms with Gasteiger partial charge in [0.1, 0.15) is 0 Å². The van der Waals surface area contributed by atoms with E-state index in [4.69, 9.17) is 14.9 Å². The van der Waals surface area contributed by atoms with Crippen LogP contribution in [0.15, 0.2) is 77.5 Å². The molecule has 130 valence electrons. The first-order chi connectivity index (χ1) is 12.6. The molecule has 1 N–H and O–H groups in total. The van der Waals surface area contributed by atoms with Gasteiger partial charge >= 0.3 is 0 Å². The van der Waals surface area contributed by atoms with Gasteiger partial charge < -0.3 is 5.11 Å². The molecule has 0 unspecified atom stereocenters. The molecular weight excluding hydrogens is 394 g/mol. The van der Waals surface area contributed by atoms with Gasteiger partial charge in [0.15, 0.2) is 0 Å². The summed E-state index contributed by atoms with van der Waals surface area (Å²) in [4.78, 5) is 18.1. The average molecular weight is 410 g/mol. The lowest BCUT2D eigenvalue weighted by atomic mass is 10.1. The zero-order valence-corrected chi connectivity index (χ0v) is 15.6. The quantitative estimate of drug-likeness (QED) is 0.510. The van der Waals surface area contributed by atoms with Crippen molar-refractivity contribution in [2.45, 2.75) is 6.92 Å². The molecule has 0 aliphatic heterocycles. The summed E-state index contributed by atoms with van der Waals surface area (Å²) in [6.45, 7) is 1.08. The van der Waals surface area contributed by atoms with Crippen molar-refractivity contribution in [2.24, 2.45) is 0 Å². The average Bonchev–Trinajstić information content (AvgIpc) is 3.02. The smallest absolute Gasteiger partial charge is 0.300 e. The molecule has 5 nitrogen and oxygen atoms in total. The highest BCUT2D eigenvalue weighted by molar-refractivity contribution is 9.10. The lowest BCUT2D eigenvalue weighted by Crippen LogP contribution is -1.90. The normalized spacial score (nSPS) is 10.2. The maximum atomic E-state index is 9.00. The molecule has 2 aromatic carbocycles. The molecule has 0 spiro atoms. The molecule has 0 fully saturated rings. The van der Waals surface area contributed by atoms with Gasteiger partial charge in [-0.05, 0) is 18.2 Å². The van der Waals surface area contributed by atoms with Crippen molar-refractivity contribution in [3.63, 3.8) is 0 Å². The lowest BCUT2D eigenvalue weighted by molar-refractivity contribution is -0.134. The summed E-state index contributed by atoms with van der Waals surface area (Å²) in [6, 6.07) is 20.4. The monoisotopic (exact) mass is 409 g/mol. The summed E-state index contributed by atoms with van der Waals surface area (Å²) in [6.07, 6.45) is 3.77. The van der Waals surface area contributed by atoms with Gasteiger partial charge in [-0.3, -0.25) is 9.20 Å². The zero-order valence-electron chi connectivity index (χ0n) is 14.0. The Bertz CT molecular complexity index is 1020. The van der Waals surface area contributed by atoms with Gasteiger partial charge in [-0.15, -0.1) is 0 Å². The number of hydrogen-bond donors (Lipinski definition) is 1. The van der Waals surface area contributed by atoms with Crippen LogP contribution in [0.5, 0.6) is 0 Å². The predicted molar refractivity (Wildman–Crippen MR) is 105 cm³/mol. The molecule has 0 aliphatic rings. The van der Waals surface area contributed by atoms with Crippen LogP contribution < -0.4 is 0 Å². The maximum absolute atomic E-state index is 9.00. The molecule has 0 radical (unpaired) electrons.